The quantitative estimate of drug-likeness (QED) is 0.339. The van der Waals surface area contributed by atoms with E-state index in [1.54, 1.807) is 0 Å². The molecule has 250 valence electrons. The number of rotatable bonds is 4. The topological polar surface area (TPSA) is 81.7 Å². The molecule has 0 bridgehead atoms. The Balaban J connectivity index is 1.48. The Hall–Kier alpha value is -2.37. The van der Waals surface area contributed by atoms with Gasteiger partial charge in [0.15, 0.2) is 0 Å². The van der Waals surface area contributed by atoms with Crippen molar-refractivity contribution in [3.8, 4) is 0 Å². The molecule has 0 aromatic heterocycles. The summed E-state index contributed by atoms with van der Waals surface area (Å²) in [6.45, 7) is 17.6. The Bertz CT molecular complexity index is 1250. The minimum atomic E-state index is -0.612. The van der Waals surface area contributed by atoms with Crippen molar-refractivity contribution in [2.45, 2.75) is 144 Å². The Morgan fingerprint density at radius 1 is 0.889 bits per heavy atom. The second-order valence-corrected chi connectivity index (χ2v) is 17.2. The van der Waals surface area contributed by atoms with Crippen LogP contribution in [-0.2, 0) is 25.7 Å². The van der Waals surface area contributed by atoms with Crippen LogP contribution >= 0.6 is 0 Å². The van der Waals surface area contributed by atoms with Gasteiger partial charge in [0.25, 0.3) is 0 Å². The first-order valence-corrected chi connectivity index (χ1v) is 17.8. The van der Waals surface area contributed by atoms with Gasteiger partial charge in [0.2, 0.25) is 0 Å². The van der Waals surface area contributed by atoms with Crippen molar-refractivity contribution in [2.75, 3.05) is 0 Å². The van der Waals surface area contributed by atoms with E-state index >= 15 is 0 Å². The van der Waals surface area contributed by atoms with Crippen LogP contribution in [0.5, 0.6) is 0 Å². The minimum absolute atomic E-state index is 0.00401. The summed E-state index contributed by atoms with van der Waals surface area (Å²) in [5.74, 6) is 1.46. The van der Waals surface area contributed by atoms with Crippen molar-refractivity contribution < 1.29 is 23.9 Å². The highest BCUT2D eigenvalue weighted by Gasteiger charge is 2.68. The molecule has 45 heavy (non-hydrogen) atoms. The number of ketones is 1. The van der Waals surface area contributed by atoms with Gasteiger partial charge in [-0.3, -0.25) is 9.59 Å². The van der Waals surface area contributed by atoms with E-state index < -0.39 is 17.1 Å². The molecule has 5 rings (SSSR count). The number of amides is 1. The van der Waals surface area contributed by atoms with E-state index in [0.717, 1.165) is 69.8 Å². The van der Waals surface area contributed by atoms with Gasteiger partial charge in [-0.25, -0.2) is 4.79 Å². The summed E-state index contributed by atoms with van der Waals surface area (Å²) in [5, 5.41) is 3.28. The number of alkyl carbamates (subject to hydrolysis) is 1. The SMILES string of the molecule is CC1CCC2(C)C(CCCC(=O)C1(C)C)CCC1C3C(NC(=O)OC(C)(C)C)CCC3(C(=O)OCc3ccccc3)CCC12C. The maximum atomic E-state index is 14.3. The molecule has 1 N–H and O–H groups in total. The van der Waals surface area contributed by atoms with E-state index in [2.05, 4.69) is 39.9 Å². The lowest BCUT2D eigenvalue weighted by molar-refractivity contribution is -0.192. The first-order chi connectivity index (χ1) is 21.0. The van der Waals surface area contributed by atoms with Gasteiger partial charge in [0.1, 0.15) is 18.0 Å². The number of carbonyl (C=O) groups is 3. The fourth-order valence-corrected chi connectivity index (χ4v) is 10.3. The lowest BCUT2D eigenvalue weighted by Crippen LogP contribution is -2.62. The Kier molecular flexibility index (Phi) is 9.32. The molecule has 4 aliphatic rings. The third kappa shape index (κ3) is 6.21. The smallest absolute Gasteiger partial charge is 0.407 e. The van der Waals surface area contributed by atoms with Gasteiger partial charge in [-0.05, 0) is 125 Å². The molecule has 6 heteroatoms. The summed E-state index contributed by atoms with van der Waals surface area (Å²) >= 11 is 0. The van der Waals surface area contributed by atoms with Crippen LogP contribution < -0.4 is 5.32 Å². The molecule has 1 amide bonds. The Morgan fingerprint density at radius 2 is 1.60 bits per heavy atom. The summed E-state index contributed by atoms with van der Waals surface area (Å²) in [6.07, 6.45) is 9.83. The number of hydrogen-bond acceptors (Lipinski definition) is 5. The van der Waals surface area contributed by atoms with Crippen LogP contribution in [-0.4, -0.2) is 29.5 Å². The molecule has 0 saturated heterocycles. The Morgan fingerprint density at radius 3 is 2.29 bits per heavy atom. The van der Waals surface area contributed by atoms with Crippen LogP contribution in [0.1, 0.15) is 132 Å². The fourth-order valence-electron chi connectivity index (χ4n) is 10.3. The normalized spacial score (nSPS) is 38.2. The predicted molar refractivity (Wildman–Crippen MR) is 177 cm³/mol. The van der Waals surface area contributed by atoms with E-state index in [4.69, 9.17) is 9.47 Å². The van der Waals surface area contributed by atoms with E-state index in [9.17, 15) is 14.4 Å². The molecular weight excluding hydrogens is 562 g/mol. The monoisotopic (exact) mass is 621 g/mol. The molecule has 0 radical (unpaired) electrons. The molecule has 4 fully saturated rings. The van der Waals surface area contributed by atoms with Crippen molar-refractivity contribution in [3.05, 3.63) is 35.9 Å². The van der Waals surface area contributed by atoms with Gasteiger partial charge in [-0.2, -0.15) is 0 Å². The van der Waals surface area contributed by atoms with E-state index in [0.29, 0.717) is 24.0 Å². The summed E-state index contributed by atoms with van der Waals surface area (Å²) in [7, 11) is 0. The highest BCUT2D eigenvalue weighted by Crippen LogP contribution is 2.71. The number of ether oxygens (including phenoxy) is 2. The highest BCUT2D eigenvalue weighted by molar-refractivity contribution is 5.84. The van der Waals surface area contributed by atoms with Crippen molar-refractivity contribution in [3.63, 3.8) is 0 Å². The number of hydrogen-bond donors (Lipinski definition) is 1. The van der Waals surface area contributed by atoms with Gasteiger partial charge in [-0.15, -0.1) is 0 Å². The molecule has 0 heterocycles. The molecular formula is C39H59NO5. The highest BCUT2D eigenvalue weighted by atomic mass is 16.6. The average Bonchev–Trinajstić information content (AvgIpc) is 3.34. The third-order valence-electron chi connectivity index (χ3n) is 13.7. The second-order valence-electron chi connectivity index (χ2n) is 17.2. The van der Waals surface area contributed by atoms with Gasteiger partial charge in [0.05, 0.1) is 5.41 Å². The zero-order chi connectivity index (χ0) is 32.8. The molecule has 0 spiro atoms. The predicted octanol–water partition coefficient (Wildman–Crippen LogP) is 9.05. The fraction of sp³-hybridized carbons (Fsp3) is 0.769. The van der Waals surface area contributed by atoms with E-state index in [1.807, 2.05) is 51.1 Å². The number of Topliss-reactive ketones (excluding diaryl/α,β-unsaturated/α-hetero) is 1. The average molecular weight is 622 g/mol. The first-order valence-electron chi connectivity index (χ1n) is 17.8. The molecule has 6 nitrogen and oxygen atoms in total. The van der Waals surface area contributed by atoms with E-state index in [1.165, 1.54) is 0 Å². The van der Waals surface area contributed by atoms with Crippen LogP contribution in [0, 0.1) is 45.3 Å². The maximum Gasteiger partial charge on any atom is 0.407 e. The minimum Gasteiger partial charge on any atom is -0.460 e. The Labute approximate surface area is 272 Å². The summed E-state index contributed by atoms with van der Waals surface area (Å²) in [6, 6.07) is 9.79. The second kappa shape index (κ2) is 12.3. The maximum absolute atomic E-state index is 14.3. The van der Waals surface area contributed by atoms with Crippen LogP contribution in [0.2, 0.25) is 0 Å². The first kappa shape index (κ1) is 34.0. The number of fused-ring (bicyclic) bond motifs is 5. The summed E-state index contributed by atoms with van der Waals surface area (Å²) in [4.78, 5) is 40.7. The van der Waals surface area contributed by atoms with Gasteiger partial charge < -0.3 is 14.8 Å². The number of benzene rings is 1. The summed E-state index contributed by atoms with van der Waals surface area (Å²) in [5.41, 5.74) is -0.431. The van der Waals surface area contributed by atoms with Crippen molar-refractivity contribution >= 4 is 17.8 Å². The number of carbonyl (C=O) groups excluding carboxylic acids is 3. The van der Waals surface area contributed by atoms with Gasteiger partial charge in [0, 0.05) is 17.9 Å². The molecule has 4 saturated carbocycles. The largest absolute Gasteiger partial charge is 0.460 e. The molecule has 8 atom stereocenters. The standard InChI is InChI=1S/C39H59NO5/c1-26-19-21-37(7)28(15-12-16-31(41)36(26,5)6)17-18-29-32-30(40-34(43)45-35(2,3)4)20-22-39(32,24-23-38(29,37)8)33(42)44-25-27-13-10-9-11-14-27/h9-11,13-14,26,28-30,32H,12,15-25H2,1-8H3,(H,40,43). The lowest BCUT2D eigenvalue weighted by Gasteiger charge is -2.65. The van der Waals surface area contributed by atoms with Gasteiger partial charge in [-0.1, -0.05) is 65.0 Å². The molecule has 0 aliphatic heterocycles. The van der Waals surface area contributed by atoms with Crippen LogP contribution in [0.25, 0.3) is 0 Å². The van der Waals surface area contributed by atoms with Crippen LogP contribution in [0.15, 0.2) is 30.3 Å². The van der Waals surface area contributed by atoms with Gasteiger partial charge >= 0.3 is 12.1 Å². The number of esters is 1. The van der Waals surface area contributed by atoms with Crippen molar-refractivity contribution in [1.29, 1.82) is 0 Å². The number of nitrogens with one attached hydrogen (secondary N) is 1. The molecule has 4 aliphatic carbocycles. The molecule has 1 aromatic carbocycles. The van der Waals surface area contributed by atoms with E-state index in [-0.39, 0.29) is 46.7 Å². The molecule has 1 aromatic rings. The molecule has 8 unspecified atom stereocenters. The van der Waals surface area contributed by atoms with Crippen molar-refractivity contribution in [2.24, 2.45) is 45.3 Å². The van der Waals surface area contributed by atoms with Crippen molar-refractivity contribution in [1.82, 2.24) is 5.32 Å². The van der Waals surface area contributed by atoms with Crippen LogP contribution in [0.4, 0.5) is 4.79 Å². The third-order valence-corrected chi connectivity index (χ3v) is 13.7. The summed E-state index contributed by atoms with van der Waals surface area (Å²) < 4.78 is 11.9. The zero-order valence-corrected chi connectivity index (χ0v) is 29.3. The lowest BCUT2D eigenvalue weighted by atomic mass is 9.39. The zero-order valence-electron chi connectivity index (χ0n) is 29.3. The van der Waals surface area contributed by atoms with Crippen LogP contribution in [0.3, 0.4) is 0 Å².